The molecule has 0 unspecified atom stereocenters. The summed E-state index contributed by atoms with van der Waals surface area (Å²) in [6, 6.07) is 15.9. The number of hydrogen-bond donors (Lipinski definition) is 0. The average Bonchev–Trinajstić information content (AvgIpc) is 3.81. The standard InChI is InChI=1S/C34H35BrN4O5S2/c1-22-29-33(28(27-4-3-21-45-27)34-30(22)38-46-39-34)37-32(23-5-9-25(40-2)10-6-23)31(36-29)24-7-11-26(12-8-24)44-20-19-43-18-17-42-16-15-41-14-13-35/h4-12H,3,13-21H2,1-2H3. The Bertz CT molecular complexity index is 1800. The van der Waals surface area contributed by atoms with Crippen molar-refractivity contribution in [2.75, 3.05) is 64.4 Å². The van der Waals surface area contributed by atoms with Gasteiger partial charge >= 0.3 is 0 Å². The van der Waals surface area contributed by atoms with Gasteiger partial charge in [-0.25, -0.2) is 9.97 Å². The Kier molecular flexibility index (Phi) is 11.5. The number of halogens is 1. The molecule has 46 heavy (non-hydrogen) atoms. The molecule has 0 atom stereocenters. The molecule has 0 saturated carbocycles. The molecule has 3 heterocycles. The van der Waals surface area contributed by atoms with Crippen LogP contribution in [0.25, 0.3) is 49.5 Å². The second-order valence-corrected chi connectivity index (χ2v) is 12.9. The van der Waals surface area contributed by atoms with Crippen LogP contribution in [-0.2, 0) is 14.2 Å². The molecule has 12 heteroatoms. The summed E-state index contributed by atoms with van der Waals surface area (Å²) >= 11 is 6.40. The van der Waals surface area contributed by atoms with Crippen LogP contribution in [0.5, 0.6) is 11.5 Å². The molecule has 9 nitrogen and oxygen atoms in total. The zero-order valence-corrected chi connectivity index (χ0v) is 29.0. The first kappa shape index (κ1) is 32.8. The van der Waals surface area contributed by atoms with Crippen molar-refractivity contribution in [2.24, 2.45) is 0 Å². The maximum Gasteiger partial charge on any atom is 0.119 e. The Balaban J connectivity index is 1.24. The van der Waals surface area contributed by atoms with Crippen LogP contribution in [0, 0.1) is 6.92 Å². The van der Waals surface area contributed by atoms with Gasteiger partial charge in [0, 0.05) is 38.2 Å². The predicted molar refractivity (Wildman–Crippen MR) is 189 cm³/mol. The van der Waals surface area contributed by atoms with Gasteiger partial charge in [0.05, 0.1) is 75.4 Å². The molecule has 6 rings (SSSR count). The molecule has 0 bridgehead atoms. The molecular formula is C34H35BrN4O5S2. The van der Waals surface area contributed by atoms with Gasteiger partial charge in [-0.1, -0.05) is 22.0 Å². The second-order valence-electron chi connectivity index (χ2n) is 10.4. The molecule has 0 aliphatic carbocycles. The Hall–Kier alpha value is -3.13. The summed E-state index contributed by atoms with van der Waals surface area (Å²) in [5, 5.41) is 0.828. The van der Waals surface area contributed by atoms with Gasteiger partial charge in [-0.3, -0.25) is 0 Å². The van der Waals surface area contributed by atoms with Crippen LogP contribution in [0.1, 0.15) is 17.5 Å². The van der Waals surface area contributed by atoms with E-state index in [9.17, 15) is 0 Å². The van der Waals surface area contributed by atoms with E-state index in [1.807, 2.05) is 60.3 Å². The third-order valence-corrected chi connectivity index (χ3v) is 9.45. The predicted octanol–water partition coefficient (Wildman–Crippen LogP) is 7.59. The molecule has 0 fully saturated rings. The van der Waals surface area contributed by atoms with E-state index >= 15 is 0 Å². The van der Waals surface area contributed by atoms with Crippen molar-refractivity contribution in [3.05, 3.63) is 65.7 Å². The first-order valence-electron chi connectivity index (χ1n) is 15.1. The molecule has 0 spiro atoms. The number of ether oxygens (including phenoxy) is 5. The van der Waals surface area contributed by atoms with Gasteiger partial charge < -0.3 is 23.7 Å². The maximum absolute atomic E-state index is 5.95. The fourth-order valence-corrected chi connectivity index (χ4v) is 7.06. The van der Waals surface area contributed by atoms with E-state index in [1.165, 1.54) is 16.6 Å². The van der Waals surface area contributed by atoms with Crippen LogP contribution in [0.4, 0.5) is 0 Å². The van der Waals surface area contributed by atoms with Gasteiger partial charge in [-0.05, 0) is 61.9 Å². The average molecular weight is 724 g/mol. The number of benzene rings is 3. The molecule has 1 aliphatic rings. The van der Waals surface area contributed by atoms with Crippen molar-refractivity contribution < 1.29 is 23.7 Å². The first-order chi connectivity index (χ1) is 22.7. The van der Waals surface area contributed by atoms with Crippen LogP contribution in [-0.4, -0.2) is 83.2 Å². The van der Waals surface area contributed by atoms with Gasteiger partial charge in [0.25, 0.3) is 0 Å². The number of allylic oxidation sites excluding steroid dienone is 1. The van der Waals surface area contributed by atoms with Gasteiger partial charge in [0.15, 0.2) is 0 Å². The van der Waals surface area contributed by atoms with E-state index in [-0.39, 0.29) is 0 Å². The summed E-state index contributed by atoms with van der Waals surface area (Å²) in [6.07, 6.45) is 3.30. The van der Waals surface area contributed by atoms with Crippen LogP contribution >= 0.6 is 39.4 Å². The first-order valence-corrected chi connectivity index (χ1v) is 18.0. The minimum atomic E-state index is 0.439. The van der Waals surface area contributed by atoms with Crippen molar-refractivity contribution >= 4 is 66.4 Å². The third-order valence-electron chi connectivity index (χ3n) is 7.47. The summed E-state index contributed by atoms with van der Waals surface area (Å²) in [5.41, 5.74) is 8.94. The fraction of sp³-hybridized carbons (Fsp3) is 0.353. The molecule has 0 radical (unpaired) electrons. The lowest BCUT2D eigenvalue weighted by Crippen LogP contribution is -2.13. The summed E-state index contributed by atoms with van der Waals surface area (Å²) in [7, 11) is 1.67. The Morgan fingerprint density at radius 1 is 0.696 bits per heavy atom. The summed E-state index contributed by atoms with van der Waals surface area (Å²) in [4.78, 5) is 11.9. The molecular weight excluding hydrogens is 688 g/mol. The van der Waals surface area contributed by atoms with Crippen molar-refractivity contribution in [1.29, 1.82) is 0 Å². The normalized spacial score (nSPS) is 13.1. The van der Waals surface area contributed by atoms with Gasteiger partial charge in [0.1, 0.15) is 34.7 Å². The lowest BCUT2D eigenvalue weighted by atomic mass is 10.00. The largest absolute Gasteiger partial charge is 0.497 e. The molecule has 0 amide bonds. The van der Waals surface area contributed by atoms with Crippen LogP contribution < -0.4 is 9.47 Å². The lowest BCUT2D eigenvalue weighted by Gasteiger charge is -2.16. The minimum absolute atomic E-state index is 0.439. The quantitative estimate of drug-likeness (QED) is 0.0749. The molecule has 0 saturated heterocycles. The number of aryl methyl sites for hydroxylation is 1. The van der Waals surface area contributed by atoms with E-state index in [2.05, 4.69) is 33.3 Å². The summed E-state index contributed by atoms with van der Waals surface area (Å²) in [6.45, 7) is 5.84. The number of fused-ring (bicyclic) bond motifs is 2. The van der Waals surface area contributed by atoms with Crippen molar-refractivity contribution in [3.8, 4) is 34.0 Å². The zero-order valence-electron chi connectivity index (χ0n) is 25.8. The number of hydrogen-bond acceptors (Lipinski definition) is 11. The second kappa shape index (κ2) is 16.1. The number of aromatic nitrogens is 4. The Morgan fingerprint density at radius 3 is 1.89 bits per heavy atom. The minimum Gasteiger partial charge on any atom is -0.497 e. The van der Waals surface area contributed by atoms with Gasteiger partial charge in [-0.15, -0.1) is 11.8 Å². The highest BCUT2D eigenvalue weighted by Gasteiger charge is 2.24. The summed E-state index contributed by atoms with van der Waals surface area (Å²) < 4.78 is 37.2. The van der Waals surface area contributed by atoms with Crippen LogP contribution in [0.15, 0.2) is 54.6 Å². The lowest BCUT2D eigenvalue weighted by molar-refractivity contribution is 0.0119. The Labute approximate surface area is 285 Å². The third kappa shape index (κ3) is 7.53. The maximum atomic E-state index is 5.95. The highest BCUT2D eigenvalue weighted by atomic mass is 79.9. The van der Waals surface area contributed by atoms with Crippen LogP contribution in [0.2, 0.25) is 0 Å². The number of thioether (sulfide) groups is 1. The van der Waals surface area contributed by atoms with Crippen molar-refractivity contribution in [1.82, 2.24) is 18.7 Å². The SMILES string of the molecule is COc1ccc(-c2nc3c(C4=CCCS4)c4nsnc4c(C)c3nc2-c2ccc(OCCOCCOCCOCCBr)cc2)cc1. The fourth-order valence-electron chi connectivity index (χ4n) is 5.19. The number of methoxy groups -OCH3 is 1. The number of nitrogens with zero attached hydrogens (tertiary/aromatic N) is 4. The smallest absolute Gasteiger partial charge is 0.119 e. The number of alkyl halides is 1. The highest BCUT2D eigenvalue weighted by molar-refractivity contribution is 9.09. The highest BCUT2D eigenvalue weighted by Crippen LogP contribution is 2.43. The molecule has 0 N–H and O–H groups in total. The van der Waals surface area contributed by atoms with Gasteiger partial charge in [-0.2, -0.15) is 8.75 Å². The topological polar surface area (TPSA) is 97.7 Å². The van der Waals surface area contributed by atoms with E-state index < -0.39 is 0 Å². The van der Waals surface area contributed by atoms with E-state index in [1.54, 1.807) is 7.11 Å². The molecule has 2 aromatic heterocycles. The van der Waals surface area contributed by atoms with Gasteiger partial charge in [0.2, 0.25) is 0 Å². The van der Waals surface area contributed by atoms with E-state index in [4.69, 9.17) is 38.0 Å². The van der Waals surface area contributed by atoms with E-state index in [0.29, 0.717) is 46.2 Å². The van der Waals surface area contributed by atoms with Crippen molar-refractivity contribution in [3.63, 3.8) is 0 Å². The molecule has 1 aliphatic heterocycles. The Morgan fingerprint density at radius 2 is 1.28 bits per heavy atom. The van der Waals surface area contributed by atoms with Crippen molar-refractivity contribution in [2.45, 2.75) is 13.3 Å². The monoisotopic (exact) mass is 722 g/mol. The van der Waals surface area contributed by atoms with E-state index in [0.717, 1.165) is 84.7 Å². The van der Waals surface area contributed by atoms with Crippen LogP contribution in [0.3, 0.4) is 0 Å². The number of rotatable bonds is 16. The molecule has 240 valence electrons. The molecule has 3 aromatic carbocycles. The zero-order chi connectivity index (χ0) is 31.7. The molecule has 5 aromatic rings. The summed E-state index contributed by atoms with van der Waals surface area (Å²) in [5.74, 6) is 2.58.